The van der Waals surface area contributed by atoms with Crippen LogP contribution in [0.3, 0.4) is 0 Å². The number of rotatable bonds is 2. The van der Waals surface area contributed by atoms with Crippen LogP contribution in [-0.4, -0.2) is 15.3 Å². The molecule has 10 heavy (non-hydrogen) atoms. The maximum absolute atomic E-state index is 10.6. The first-order valence-corrected chi connectivity index (χ1v) is 3.16. The van der Waals surface area contributed by atoms with Crippen LogP contribution in [0.15, 0.2) is 12.5 Å². The van der Waals surface area contributed by atoms with Crippen molar-refractivity contribution in [2.75, 3.05) is 0 Å². The molecule has 3 nitrogen and oxygen atoms in total. The van der Waals surface area contributed by atoms with E-state index in [2.05, 4.69) is 4.98 Å². The number of hydrogen-bond donors (Lipinski definition) is 0. The summed E-state index contributed by atoms with van der Waals surface area (Å²) < 4.78 is 1.78. The molecule has 0 bridgehead atoms. The first-order valence-electron chi connectivity index (χ1n) is 3.16. The SMILES string of the molecule is CC(=O)Cn1cnc(C)c1. The molecule has 0 fully saturated rings. The summed E-state index contributed by atoms with van der Waals surface area (Å²) >= 11 is 0. The second-order valence-corrected chi connectivity index (χ2v) is 2.39. The monoisotopic (exact) mass is 138 g/mol. The van der Waals surface area contributed by atoms with Gasteiger partial charge in [0.05, 0.1) is 18.6 Å². The van der Waals surface area contributed by atoms with Crippen LogP contribution in [-0.2, 0) is 11.3 Å². The van der Waals surface area contributed by atoms with Crippen molar-refractivity contribution in [3.05, 3.63) is 18.2 Å². The van der Waals surface area contributed by atoms with Gasteiger partial charge in [-0.1, -0.05) is 0 Å². The minimum Gasteiger partial charge on any atom is -0.330 e. The van der Waals surface area contributed by atoms with Crippen molar-refractivity contribution in [1.82, 2.24) is 9.55 Å². The van der Waals surface area contributed by atoms with Gasteiger partial charge in [-0.3, -0.25) is 4.79 Å². The van der Waals surface area contributed by atoms with Crippen LogP contribution in [0, 0.1) is 6.92 Å². The van der Waals surface area contributed by atoms with Gasteiger partial charge in [-0.15, -0.1) is 0 Å². The average Bonchev–Trinajstić information content (AvgIpc) is 2.13. The van der Waals surface area contributed by atoms with Gasteiger partial charge in [-0.25, -0.2) is 4.98 Å². The van der Waals surface area contributed by atoms with E-state index in [9.17, 15) is 4.79 Å². The molecule has 0 aliphatic rings. The Kier molecular flexibility index (Phi) is 1.85. The average molecular weight is 138 g/mol. The van der Waals surface area contributed by atoms with Crippen LogP contribution in [0.2, 0.25) is 0 Å². The third-order valence-electron chi connectivity index (χ3n) is 1.17. The number of ketones is 1. The zero-order valence-corrected chi connectivity index (χ0v) is 6.16. The van der Waals surface area contributed by atoms with Crippen LogP contribution in [0.25, 0.3) is 0 Å². The molecule has 0 amide bonds. The Morgan fingerprint density at radius 2 is 2.50 bits per heavy atom. The molecule has 0 saturated heterocycles. The van der Waals surface area contributed by atoms with Crippen LogP contribution in [0.1, 0.15) is 12.6 Å². The van der Waals surface area contributed by atoms with E-state index < -0.39 is 0 Å². The molecular formula is C7H10N2O. The van der Waals surface area contributed by atoms with Gasteiger partial charge in [0.25, 0.3) is 0 Å². The zero-order valence-electron chi connectivity index (χ0n) is 6.16. The third kappa shape index (κ3) is 1.69. The van der Waals surface area contributed by atoms with Crippen molar-refractivity contribution in [2.45, 2.75) is 20.4 Å². The predicted molar refractivity (Wildman–Crippen MR) is 37.6 cm³/mol. The fourth-order valence-corrected chi connectivity index (χ4v) is 0.815. The minimum absolute atomic E-state index is 0.150. The Bertz CT molecular complexity index is 240. The van der Waals surface area contributed by atoms with E-state index in [1.165, 1.54) is 0 Å². The normalized spacial score (nSPS) is 9.80. The topological polar surface area (TPSA) is 34.9 Å². The Morgan fingerprint density at radius 3 is 2.90 bits per heavy atom. The number of Topliss-reactive ketones (excluding diaryl/α,β-unsaturated/α-hetero) is 1. The Hall–Kier alpha value is -1.12. The van der Waals surface area contributed by atoms with Crippen LogP contribution in [0.5, 0.6) is 0 Å². The maximum atomic E-state index is 10.6. The second-order valence-electron chi connectivity index (χ2n) is 2.39. The van der Waals surface area contributed by atoms with Crippen molar-refractivity contribution in [1.29, 1.82) is 0 Å². The molecule has 0 aliphatic heterocycles. The van der Waals surface area contributed by atoms with E-state index in [0.29, 0.717) is 6.54 Å². The Balaban J connectivity index is 2.67. The second kappa shape index (κ2) is 2.64. The molecule has 1 heterocycles. The first-order chi connectivity index (χ1) is 4.68. The lowest BCUT2D eigenvalue weighted by molar-refractivity contribution is -0.117. The van der Waals surface area contributed by atoms with E-state index in [-0.39, 0.29) is 5.78 Å². The number of carbonyl (C=O) groups is 1. The van der Waals surface area contributed by atoms with Gasteiger partial charge < -0.3 is 4.57 Å². The molecule has 1 aromatic heterocycles. The van der Waals surface area contributed by atoms with Crippen molar-refractivity contribution in [2.24, 2.45) is 0 Å². The summed E-state index contributed by atoms with van der Waals surface area (Å²) in [4.78, 5) is 14.6. The van der Waals surface area contributed by atoms with E-state index in [4.69, 9.17) is 0 Å². The lowest BCUT2D eigenvalue weighted by atomic mass is 10.4. The van der Waals surface area contributed by atoms with Gasteiger partial charge in [0.1, 0.15) is 5.78 Å². The molecule has 0 unspecified atom stereocenters. The van der Waals surface area contributed by atoms with Crippen molar-refractivity contribution in [3.8, 4) is 0 Å². The number of imidazole rings is 1. The van der Waals surface area contributed by atoms with Gasteiger partial charge in [-0.2, -0.15) is 0 Å². The third-order valence-corrected chi connectivity index (χ3v) is 1.17. The van der Waals surface area contributed by atoms with Crippen molar-refractivity contribution in [3.63, 3.8) is 0 Å². The van der Waals surface area contributed by atoms with E-state index in [1.54, 1.807) is 17.8 Å². The smallest absolute Gasteiger partial charge is 0.149 e. The summed E-state index contributed by atoms with van der Waals surface area (Å²) in [7, 11) is 0. The molecule has 54 valence electrons. The van der Waals surface area contributed by atoms with Crippen molar-refractivity contribution >= 4 is 5.78 Å². The number of aryl methyl sites for hydroxylation is 1. The fraction of sp³-hybridized carbons (Fsp3) is 0.429. The van der Waals surface area contributed by atoms with Crippen LogP contribution >= 0.6 is 0 Å². The highest BCUT2D eigenvalue weighted by Gasteiger charge is 1.95. The summed E-state index contributed by atoms with van der Waals surface area (Å²) in [5.41, 5.74) is 0.946. The maximum Gasteiger partial charge on any atom is 0.149 e. The largest absolute Gasteiger partial charge is 0.330 e. The number of carbonyl (C=O) groups excluding carboxylic acids is 1. The summed E-state index contributed by atoms with van der Waals surface area (Å²) in [6, 6.07) is 0. The number of hydrogen-bond acceptors (Lipinski definition) is 2. The predicted octanol–water partition coefficient (Wildman–Crippen LogP) is 0.781. The fourth-order valence-electron chi connectivity index (χ4n) is 0.815. The highest BCUT2D eigenvalue weighted by atomic mass is 16.1. The molecule has 0 N–H and O–H groups in total. The molecule has 1 aromatic rings. The summed E-state index contributed by atoms with van der Waals surface area (Å²) in [5.74, 6) is 0.150. The first kappa shape index (κ1) is 6.99. The number of nitrogens with zero attached hydrogens (tertiary/aromatic N) is 2. The van der Waals surface area contributed by atoms with Gasteiger partial charge in [-0.05, 0) is 13.8 Å². The molecule has 0 saturated carbocycles. The minimum atomic E-state index is 0.150. The van der Waals surface area contributed by atoms with Crippen LogP contribution < -0.4 is 0 Å². The standard InChI is InChI=1S/C7H10N2O/c1-6-3-9(5-8-6)4-7(2)10/h3,5H,4H2,1-2H3. The molecular weight excluding hydrogens is 128 g/mol. The highest BCUT2D eigenvalue weighted by molar-refractivity contribution is 5.75. The van der Waals surface area contributed by atoms with Gasteiger partial charge in [0, 0.05) is 6.20 Å². The molecule has 3 heteroatoms. The molecule has 1 rings (SSSR count). The van der Waals surface area contributed by atoms with E-state index >= 15 is 0 Å². The van der Waals surface area contributed by atoms with E-state index in [1.807, 2.05) is 13.1 Å². The Morgan fingerprint density at radius 1 is 1.80 bits per heavy atom. The Labute approximate surface area is 59.7 Å². The number of aromatic nitrogens is 2. The van der Waals surface area contributed by atoms with Gasteiger partial charge >= 0.3 is 0 Å². The van der Waals surface area contributed by atoms with Crippen LogP contribution in [0.4, 0.5) is 0 Å². The summed E-state index contributed by atoms with van der Waals surface area (Å²) in [6.45, 7) is 3.90. The van der Waals surface area contributed by atoms with E-state index in [0.717, 1.165) is 5.69 Å². The lowest BCUT2D eigenvalue weighted by Crippen LogP contribution is -2.02. The van der Waals surface area contributed by atoms with Gasteiger partial charge in [0.15, 0.2) is 0 Å². The quantitative estimate of drug-likeness (QED) is 0.605. The lowest BCUT2D eigenvalue weighted by Gasteiger charge is -1.93. The molecule has 0 atom stereocenters. The zero-order chi connectivity index (χ0) is 7.56. The van der Waals surface area contributed by atoms with Gasteiger partial charge in [0.2, 0.25) is 0 Å². The van der Waals surface area contributed by atoms with Crippen molar-refractivity contribution < 1.29 is 4.79 Å². The molecule has 0 aromatic carbocycles. The molecule has 0 spiro atoms. The molecule has 0 radical (unpaired) electrons. The summed E-state index contributed by atoms with van der Waals surface area (Å²) in [5, 5.41) is 0. The summed E-state index contributed by atoms with van der Waals surface area (Å²) in [6.07, 6.45) is 3.51. The molecule has 0 aliphatic carbocycles. The highest BCUT2D eigenvalue weighted by Crippen LogP contribution is 1.92.